The zero-order valence-corrected chi connectivity index (χ0v) is 38.3. The summed E-state index contributed by atoms with van der Waals surface area (Å²) < 4.78 is 16.8. The predicted octanol–water partition coefficient (Wildman–Crippen LogP) is 12.7. The van der Waals surface area contributed by atoms with Crippen LogP contribution in [0.25, 0.3) is 0 Å². The Balaban J connectivity index is 4.08. The van der Waals surface area contributed by atoms with Crippen LogP contribution in [-0.4, -0.2) is 62.6 Å². The molecule has 0 radical (unpaired) electrons. The van der Waals surface area contributed by atoms with Crippen LogP contribution >= 0.6 is 0 Å². The van der Waals surface area contributed by atoms with Crippen LogP contribution in [0.5, 0.6) is 0 Å². The van der Waals surface area contributed by atoms with Gasteiger partial charge in [0.15, 0.2) is 0 Å². The molecule has 1 N–H and O–H groups in total. The van der Waals surface area contributed by atoms with Crippen molar-refractivity contribution in [2.45, 2.75) is 180 Å². The average molecular weight is 855 g/mol. The van der Waals surface area contributed by atoms with Crippen LogP contribution in [0, 0.1) is 17.4 Å². The van der Waals surface area contributed by atoms with Gasteiger partial charge in [0.2, 0.25) is 0 Å². The number of unbranched alkanes of at least 4 members (excludes halogenated alkanes) is 6. The van der Waals surface area contributed by atoms with Gasteiger partial charge in [0, 0.05) is 0 Å². The molecule has 0 saturated heterocycles. The van der Waals surface area contributed by atoms with Crippen LogP contribution in [0.15, 0.2) is 30.3 Å². The zero-order chi connectivity index (χ0) is 33.6. The first-order valence-corrected chi connectivity index (χ1v) is 38.3. The van der Waals surface area contributed by atoms with Gasteiger partial charge in [-0.25, -0.2) is 0 Å². The molecule has 0 aliphatic rings. The van der Waals surface area contributed by atoms with Crippen molar-refractivity contribution in [3.63, 3.8) is 0 Å². The first-order chi connectivity index (χ1) is 21.6. The standard InChI is InChI=1S/C16H22O2Si.6C4H9.2Sn/c1-14(16(17)10-11-19(2,3)4)12-18-13-15-8-6-5-7-9-15;6*1-3-4-2;;/h1,5-9,14,16-17H,12-13H2,2-4H3;6*1,3-4H2,2H3;;/t14-,16+;;;;;;;;/m0......../s1. The number of ether oxygens (including phenoxy) is 1. The Morgan fingerprint density at radius 2 is 1.02 bits per heavy atom. The van der Waals surface area contributed by atoms with E-state index in [1.54, 1.807) is 0 Å². The molecule has 0 aromatic heterocycles. The van der Waals surface area contributed by atoms with Crippen LogP contribution in [-0.2, 0) is 11.3 Å². The van der Waals surface area contributed by atoms with Crippen molar-refractivity contribution in [2.24, 2.45) is 5.92 Å². The molecule has 0 unspecified atom stereocenters. The fraction of sp³-hybridized carbons (Fsp3) is 0.800. The van der Waals surface area contributed by atoms with Crippen molar-refractivity contribution >= 4 is 44.8 Å². The number of hydrogen-bond acceptors (Lipinski definition) is 2. The van der Waals surface area contributed by atoms with Gasteiger partial charge in [-0.2, -0.15) is 0 Å². The topological polar surface area (TPSA) is 29.5 Å². The van der Waals surface area contributed by atoms with Gasteiger partial charge in [0.1, 0.15) is 0 Å². The fourth-order valence-electron chi connectivity index (χ4n) is 8.07. The number of rotatable bonds is 26. The van der Waals surface area contributed by atoms with Crippen molar-refractivity contribution in [3.05, 3.63) is 35.9 Å². The summed E-state index contributed by atoms with van der Waals surface area (Å²) in [4.78, 5) is 0. The van der Waals surface area contributed by atoms with Crippen LogP contribution in [0.1, 0.15) is 124 Å². The molecule has 1 aromatic carbocycles. The maximum atomic E-state index is 12.5. The normalized spacial score (nSPS) is 13.9. The Bertz CT molecular complexity index is 844. The monoisotopic (exact) mass is 856 g/mol. The molecule has 0 fully saturated rings. The Hall–Kier alpha value is 0.514. The minimum atomic E-state index is -2.88. The summed E-state index contributed by atoms with van der Waals surface area (Å²) in [6.45, 7) is 22.8. The van der Waals surface area contributed by atoms with Gasteiger partial charge in [-0.15, -0.1) is 0 Å². The van der Waals surface area contributed by atoms with E-state index in [2.05, 4.69) is 103 Å². The van der Waals surface area contributed by atoms with Gasteiger partial charge < -0.3 is 0 Å². The van der Waals surface area contributed by atoms with E-state index >= 15 is 0 Å². The molecule has 1 aromatic rings. The van der Waals surface area contributed by atoms with Crippen LogP contribution < -0.4 is 0 Å². The second-order valence-electron chi connectivity index (χ2n) is 15.5. The Labute approximate surface area is 291 Å². The summed E-state index contributed by atoms with van der Waals surface area (Å²) in [5, 5.41) is 12.5. The fourth-order valence-corrected chi connectivity index (χ4v) is 88.3. The van der Waals surface area contributed by atoms with Gasteiger partial charge in [-0.3, -0.25) is 0 Å². The van der Waals surface area contributed by atoms with E-state index in [-0.39, 0.29) is 5.92 Å². The Kier molecular flexibility index (Phi) is 23.8. The van der Waals surface area contributed by atoms with E-state index in [1.807, 2.05) is 0 Å². The molecule has 0 saturated carbocycles. The molecule has 2 atom stereocenters. The van der Waals surface area contributed by atoms with E-state index in [0.29, 0.717) is 13.2 Å². The van der Waals surface area contributed by atoms with Crippen LogP contribution in [0.4, 0.5) is 0 Å². The molecular weight excluding hydrogens is 778 g/mol. The second kappa shape index (κ2) is 24.6. The maximum absolute atomic E-state index is 12.5. The number of aliphatic hydroxyl groups is 1. The summed E-state index contributed by atoms with van der Waals surface area (Å²) in [6.07, 6.45) is 15.6. The first kappa shape index (κ1) is 43.5. The SMILES string of the molecule is CCC[CH2][Sn]([CH2]CCC)([CH2]CCC)[CH]([C@@H](COCc1ccccc1)[C@H](O)C#C[Si](C)(C)C)[Sn]([CH2]CCC)([CH2]CCC)[CH2]CCC. The number of benzene rings is 1. The summed E-state index contributed by atoms with van der Waals surface area (Å²) in [5.41, 5.74) is 4.90. The molecule has 0 aliphatic heterocycles. The van der Waals surface area contributed by atoms with Gasteiger partial charge in [0.25, 0.3) is 0 Å². The van der Waals surface area contributed by atoms with E-state index in [9.17, 15) is 5.11 Å². The number of hydrogen-bond donors (Lipinski definition) is 1. The molecular formula is C40H76O2SiSn2. The zero-order valence-electron chi connectivity index (χ0n) is 31.6. The van der Waals surface area contributed by atoms with Gasteiger partial charge >= 0.3 is 294 Å². The molecule has 0 spiro atoms. The van der Waals surface area contributed by atoms with Crippen molar-refractivity contribution in [3.8, 4) is 11.5 Å². The van der Waals surface area contributed by atoms with E-state index in [0.717, 1.165) is 1.95 Å². The molecule has 45 heavy (non-hydrogen) atoms. The number of aliphatic hydroxyl groups excluding tert-OH is 1. The van der Waals surface area contributed by atoms with E-state index in [1.165, 1.54) is 109 Å². The molecule has 0 amide bonds. The molecule has 0 aliphatic carbocycles. The van der Waals surface area contributed by atoms with E-state index < -0.39 is 50.9 Å². The van der Waals surface area contributed by atoms with Crippen molar-refractivity contribution in [2.75, 3.05) is 6.61 Å². The third kappa shape index (κ3) is 16.2. The minimum absolute atomic E-state index is 0.195. The second-order valence-corrected chi connectivity index (χ2v) is 52.6. The average Bonchev–Trinajstić information content (AvgIpc) is 3.03. The van der Waals surface area contributed by atoms with Crippen molar-refractivity contribution in [1.82, 2.24) is 0 Å². The summed E-state index contributed by atoms with van der Waals surface area (Å²) in [6, 6.07) is 10.7. The van der Waals surface area contributed by atoms with Crippen LogP contribution in [0.2, 0.25) is 48.2 Å². The molecule has 5 heteroatoms. The summed E-state index contributed by atoms with van der Waals surface area (Å²) in [7, 11) is -1.63. The molecule has 0 heterocycles. The van der Waals surface area contributed by atoms with Crippen molar-refractivity contribution in [1.29, 1.82) is 0 Å². The molecule has 260 valence electrons. The Morgan fingerprint density at radius 3 is 1.36 bits per heavy atom. The van der Waals surface area contributed by atoms with Gasteiger partial charge in [0.05, 0.1) is 0 Å². The molecule has 0 bridgehead atoms. The van der Waals surface area contributed by atoms with Gasteiger partial charge in [-0.1, -0.05) is 0 Å². The first-order valence-electron chi connectivity index (χ1n) is 19.4. The van der Waals surface area contributed by atoms with Gasteiger partial charge in [-0.05, 0) is 0 Å². The molecule has 2 nitrogen and oxygen atoms in total. The predicted molar refractivity (Wildman–Crippen MR) is 210 cm³/mol. The third-order valence-electron chi connectivity index (χ3n) is 10.3. The summed E-state index contributed by atoms with van der Waals surface area (Å²) >= 11 is -5.76. The van der Waals surface area contributed by atoms with Crippen molar-refractivity contribution < 1.29 is 9.84 Å². The molecule has 1 rings (SSSR count). The van der Waals surface area contributed by atoms with E-state index in [4.69, 9.17) is 4.74 Å². The quantitative estimate of drug-likeness (QED) is 0.0743. The van der Waals surface area contributed by atoms with Crippen LogP contribution in [0.3, 0.4) is 0 Å². The third-order valence-corrected chi connectivity index (χ3v) is 67.8. The summed E-state index contributed by atoms with van der Waals surface area (Å²) in [5.74, 6) is 3.78. The Morgan fingerprint density at radius 1 is 0.644 bits per heavy atom.